The van der Waals surface area contributed by atoms with Crippen molar-refractivity contribution in [2.75, 3.05) is 13.2 Å². The van der Waals surface area contributed by atoms with Crippen molar-refractivity contribution in [1.29, 1.82) is 0 Å². The van der Waals surface area contributed by atoms with Gasteiger partial charge in [0.1, 0.15) is 13.2 Å². The van der Waals surface area contributed by atoms with Crippen LogP contribution in [0, 0.1) is 0 Å². The Bertz CT molecular complexity index is 1560. The average molecular weight is 996 g/mol. The molecule has 0 aromatic rings. The molecule has 0 aliphatic carbocycles. The van der Waals surface area contributed by atoms with Gasteiger partial charge in [-0.05, 0) is 116 Å². The van der Waals surface area contributed by atoms with E-state index in [1.807, 2.05) is 0 Å². The molecule has 0 amide bonds. The van der Waals surface area contributed by atoms with Crippen molar-refractivity contribution in [3.8, 4) is 0 Å². The molecule has 0 saturated heterocycles. The predicted molar refractivity (Wildman–Crippen MR) is 311 cm³/mol. The molecule has 0 rings (SSSR count). The molecule has 0 aromatic heterocycles. The molecular formula is C66H106O6. The van der Waals surface area contributed by atoms with Crippen LogP contribution in [-0.2, 0) is 28.6 Å². The maximum absolute atomic E-state index is 12.8. The van der Waals surface area contributed by atoms with Gasteiger partial charge in [-0.3, -0.25) is 14.4 Å². The minimum absolute atomic E-state index is 0.0966. The highest BCUT2D eigenvalue weighted by Gasteiger charge is 2.19. The van der Waals surface area contributed by atoms with Crippen LogP contribution in [0.2, 0.25) is 0 Å². The molecule has 0 aliphatic rings. The third kappa shape index (κ3) is 56.5. The first-order chi connectivity index (χ1) is 35.5. The summed E-state index contributed by atoms with van der Waals surface area (Å²) in [4.78, 5) is 38.0. The standard InChI is InChI=1S/C66H106O6/c1-4-7-10-13-16-19-21-23-25-26-27-28-29-30-31-32-33-34-35-36-37-38-39-40-41-43-44-47-50-53-56-59-65(68)71-62-63(61-70-64(67)58-55-52-49-46-18-15-12-9-6-3)72-66(69)60-57-54-51-48-45-42-24-22-20-17-14-11-8-5-2/h7,10,14,16-17,19,22-25,27-28,30-31,33-34,36-37,39-40,43-44,63H,4-6,8-9,11-13,15,18,20-21,26,29,32,35,38,41-42,45-62H2,1-3H3/b10-7-,17-14-,19-16-,24-22-,25-23-,28-27-,31-30-,34-33-,37-36-,40-39-,44-43-. The lowest BCUT2D eigenvalue weighted by atomic mass is 10.1. The summed E-state index contributed by atoms with van der Waals surface area (Å²) in [5.74, 6) is -0.953. The maximum atomic E-state index is 12.8. The second-order valence-corrected chi connectivity index (χ2v) is 18.8. The smallest absolute Gasteiger partial charge is 0.306 e. The van der Waals surface area contributed by atoms with Gasteiger partial charge in [0, 0.05) is 19.3 Å². The van der Waals surface area contributed by atoms with Gasteiger partial charge in [-0.25, -0.2) is 0 Å². The summed E-state index contributed by atoms with van der Waals surface area (Å²) >= 11 is 0. The molecule has 0 N–H and O–H groups in total. The van der Waals surface area contributed by atoms with Crippen LogP contribution in [-0.4, -0.2) is 37.2 Å². The predicted octanol–water partition coefficient (Wildman–Crippen LogP) is 19.8. The van der Waals surface area contributed by atoms with Crippen molar-refractivity contribution in [3.05, 3.63) is 134 Å². The van der Waals surface area contributed by atoms with E-state index in [-0.39, 0.29) is 31.1 Å². The zero-order valence-corrected chi connectivity index (χ0v) is 46.4. The number of carbonyl (C=O) groups excluding carboxylic acids is 3. The summed E-state index contributed by atoms with van der Waals surface area (Å²) in [5, 5.41) is 0. The highest BCUT2D eigenvalue weighted by atomic mass is 16.6. The van der Waals surface area contributed by atoms with Crippen molar-refractivity contribution in [2.45, 2.75) is 252 Å². The van der Waals surface area contributed by atoms with E-state index in [4.69, 9.17) is 14.2 Å². The number of ether oxygens (including phenoxy) is 3. The van der Waals surface area contributed by atoms with Crippen LogP contribution in [0.3, 0.4) is 0 Å². The van der Waals surface area contributed by atoms with Crippen LogP contribution in [0.4, 0.5) is 0 Å². The molecular weight excluding hydrogens is 889 g/mol. The monoisotopic (exact) mass is 995 g/mol. The lowest BCUT2D eigenvalue weighted by molar-refractivity contribution is -0.167. The van der Waals surface area contributed by atoms with Gasteiger partial charge in [0.15, 0.2) is 6.10 Å². The van der Waals surface area contributed by atoms with Crippen LogP contribution in [0.25, 0.3) is 0 Å². The Morgan fingerprint density at radius 1 is 0.292 bits per heavy atom. The maximum Gasteiger partial charge on any atom is 0.306 e. The van der Waals surface area contributed by atoms with Crippen molar-refractivity contribution >= 4 is 17.9 Å². The summed E-state index contributed by atoms with van der Waals surface area (Å²) in [6, 6.07) is 0. The Kier molecular flexibility index (Phi) is 55.5. The first-order valence-electron chi connectivity index (χ1n) is 29.2. The van der Waals surface area contributed by atoms with Crippen LogP contribution in [0.5, 0.6) is 0 Å². The van der Waals surface area contributed by atoms with E-state index >= 15 is 0 Å². The topological polar surface area (TPSA) is 78.9 Å². The summed E-state index contributed by atoms with van der Waals surface area (Å²) in [6.45, 7) is 6.41. The van der Waals surface area contributed by atoms with Gasteiger partial charge in [-0.15, -0.1) is 0 Å². The second-order valence-electron chi connectivity index (χ2n) is 18.8. The summed E-state index contributed by atoms with van der Waals surface area (Å²) < 4.78 is 16.8. The molecule has 406 valence electrons. The minimum atomic E-state index is -0.801. The number of hydrogen-bond acceptors (Lipinski definition) is 6. The van der Waals surface area contributed by atoms with Crippen molar-refractivity contribution in [1.82, 2.24) is 0 Å². The lowest BCUT2D eigenvalue weighted by Crippen LogP contribution is -2.30. The first-order valence-corrected chi connectivity index (χ1v) is 29.2. The fraction of sp³-hybridized carbons (Fsp3) is 0.621. The van der Waals surface area contributed by atoms with Crippen molar-refractivity contribution in [3.63, 3.8) is 0 Å². The Morgan fingerprint density at radius 3 is 0.903 bits per heavy atom. The molecule has 1 atom stereocenters. The first kappa shape index (κ1) is 67.5. The van der Waals surface area contributed by atoms with Gasteiger partial charge in [0.05, 0.1) is 0 Å². The zero-order chi connectivity index (χ0) is 52.2. The Hall–Kier alpha value is -4.45. The largest absolute Gasteiger partial charge is 0.462 e. The molecule has 0 spiro atoms. The van der Waals surface area contributed by atoms with Gasteiger partial charge < -0.3 is 14.2 Å². The highest BCUT2D eigenvalue weighted by molar-refractivity contribution is 5.71. The minimum Gasteiger partial charge on any atom is -0.462 e. The Morgan fingerprint density at radius 2 is 0.556 bits per heavy atom. The van der Waals surface area contributed by atoms with Crippen LogP contribution < -0.4 is 0 Å². The molecule has 72 heavy (non-hydrogen) atoms. The molecule has 0 bridgehead atoms. The normalized spacial score (nSPS) is 13.1. The third-order valence-corrected chi connectivity index (χ3v) is 11.9. The summed E-state index contributed by atoms with van der Waals surface area (Å²) in [7, 11) is 0. The molecule has 6 nitrogen and oxygen atoms in total. The molecule has 0 saturated carbocycles. The quantitative estimate of drug-likeness (QED) is 0.0261. The average Bonchev–Trinajstić information content (AvgIpc) is 3.38. The SMILES string of the molecule is CC/C=C\C/C=C\C/C=C\C/C=C\C/C=C\C/C=C\C/C=C\C/C=C\C/C=C\CCCCCC(=O)OCC(COC(=O)CCCCCCCCCCC)OC(=O)CCCCCCC/C=C\C/C=C\CCCC. The fourth-order valence-electron chi connectivity index (χ4n) is 7.51. The van der Waals surface area contributed by atoms with Crippen LogP contribution in [0.15, 0.2) is 134 Å². The Labute approximate surface area is 443 Å². The Balaban J connectivity index is 4.31. The molecule has 0 heterocycles. The molecule has 0 aromatic carbocycles. The number of hydrogen-bond donors (Lipinski definition) is 0. The van der Waals surface area contributed by atoms with E-state index in [9.17, 15) is 14.4 Å². The molecule has 0 radical (unpaired) electrons. The van der Waals surface area contributed by atoms with Crippen LogP contribution in [0.1, 0.15) is 245 Å². The number of unbranched alkanes of at least 4 members (excludes halogenated alkanes) is 18. The number of carbonyl (C=O) groups is 3. The fourth-order valence-corrected chi connectivity index (χ4v) is 7.51. The van der Waals surface area contributed by atoms with Crippen LogP contribution >= 0.6 is 0 Å². The third-order valence-electron chi connectivity index (χ3n) is 11.9. The summed E-state index contributed by atoms with van der Waals surface area (Å²) in [6.07, 6.45) is 83.1. The van der Waals surface area contributed by atoms with E-state index < -0.39 is 6.10 Å². The molecule has 1 unspecified atom stereocenters. The van der Waals surface area contributed by atoms with Gasteiger partial charge in [-0.2, -0.15) is 0 Å². The van der Waals surface area contributed by atoms with Gasteiger partial charge in [0.2, 0.25) is 0 Å². The van der Waals surface area contributed by atoms with E-state index in [2.05, 4.69) is 154 Å². The van der Waals surface area contributed by atoms with E-state index in [1.54, 1.807) is 0 Å². The second kappa shape index (κ2) is 59.1. The summed E-state index contributed by atoms with van der Waals surface area (Å²) in [5.41, 5.74) is 0. The van der Waals surface area contributed by atoms with E-state index in [0.29, 0.717) is 19.3 Å². The number of esters is 3. The number of allylic oxidation sites excluding steroid dienone is 22. The van der Waals surface area contributed by atoms with Gasteiger partial charge in [0.25, 0.3) is 0 Å². The van der Waals surface area contributed by atoms with E-state index in [1.165, 1.54) is 57.8 Å². The van der Waals surface area contributed by atoms with Crippen molar-refractivity contribution in [2.24, 2.45) is 0 Å². The van der Waals surface area contributed by atoms with Crippen molar-refractivity contribution < 1.29 is 28.6 Å². The molecule has 0 aliphatic heterocycles. The molecule has 0 fully saturated rings. The zero-order valence-electron chi connectivity index (χ0n) is 46.4. The van der Waals surface area contributed by atoms with E-state index in [0.717, 1.165) is 148 Å². The highest BCUT2D eigenvalue weighted by Crippen LogP contribution is 2.13. The lowest BCUT2D eigenvalue weighted by Gasteiger charge is -2.18. The number of rotatable bonds is 51. The van der Waals surface area contributed by atoms with Gasteiger partial charge in [-0.1, -0.05) is 244 Å². The van der Waals surface area contributed by atoms with Gasteiger partial charge >= 0.3 is 17.9 Å². The molecule has 6 heteroatoms.